The molecule has 2 aromatic carbocycles. The van der Waals surface area contributed by atoms with Crippen LogP contribution in [-0.4, -0.2) is 21.5 Å². The number of anilines is 1. The summed E-state index contributed by atoms with van der Waals surface area (Å²) >= 11 is 0. The highest BCUT2D eigenvalue weighted by atomic mass is 32.2. The molecule has 0 unspecified atom stereocenters. The average Bonchev–Trinajstić information content (AvgIpc) is 2.57. The average molecular weight is 363 g/mol. The zero-order valence-electron chi connectivity index (χ0n) is 13.8. The van der Waals surface area contributed by atoms with Gasteiger partial charge in [0.25, 0.3) is 10.0 Å². The fourth-order valence-corrected chi connectivity index (χ4v) is 3.20. The first-order valence-electron chi connectivity index (χ1n) is 7.44. The highest BCUT2D eigenvalue weighted by Gasteiger charge is 2.16. The number of methoxy groups -OCH3 is 1. The van der Waals surface area contributed by atoms with E-state index in [9.17, 15) is 17.6 Å². The predicted molar refractivity (Wildman–Crippen MR) is 93.2 cm³/mol. The van der Waals surface area contributed by atoms with Crippen molar-refractivity contribution < 1.29 is 22.3 Å². The van der Waals surface area contributed by atoms with Crippen molar-refractivity contribution in [3.05, 3.63) is 71.6 Å². The van der Waals surface area contributed by atoms with Gasteiger partial charge in [-0.15, -0.1) is 0 Å². The van der Waals surface area contributed by atoms with Crippen molar-refractivity contribution in [2.45, 2.75) is 18.2 Å². The molecule has 1 N–H and O–H groups in total. The van der Waals surface area contributed by atoms with Crippen molar-refractivity contribution >= 4 is 21.7 Å². The Morgan fingerprint density at radius 1 is 1.20 bits per heavy atom. The van der Waals surface area contributed by atoms with Crippen molar-refractivity contribution in [3.8, 4) is 0 Å². The van der Waals surface area contributed by atoms with Crippen LogP contribution >= 0.6 is 0 Å². The molecule has 2 rings (SSSR count). The smallest absolute Gasteiger partial charge is 0.330 e. The molecule has 0 aliphatic rings. The Hall–Kier alpha value is -2.67. The number of ether oxygens (including phenoxy) is 1. The van der Waals surface area contributed by atoms with Crippen molar-refractivity contribution in [2.75, 3.05) is 11.8 Å². The zero-order chi connectivity index (χ0) is 18.4. The normalized spacial score (nSPS) is 11.5. The molecule has 0 aliphatic heterocycles. The van der Waals surface area contributed by atoms with Crippen LogP contribution < -0.4 is 4.72 Å². The number of aryl methyl sites for hydroxylation is 1. The van der Waals surface area contributed by atoms with Crippen LogP contribution in [0.25, 0.3) is 0 Å². The summed E-state index contributed by atoms with van der Waals surface area (Å²) in [6.45, 7) is 1.86. The van der Waals surface area contributed by atoms with E-state index in [0.717, 1.165) is 5.56 Å². The van der Waals surface area contributed by atoms with Gasteiger partial charge in [-0.3, -0.25) is 4.72 Å². The predicted octanol–water partition coefficient (Wildman–Crippen LogP) is 3.21. The molecule has 5 nitrogen and oxygen atoms in total. The quantitative estimate of drug-likeness (QED) is 0.632. The first-order chi connectivity index (χ1) is 11.8. The van der Waals surface area contributed by atoms with E-state index in [-0.39, 0.29) is 17.0 Å². The van der Waals surface area contributed by atoms with Gasteiger partial charge in [0.1, 0.15) is 5.82 Å². The summed E-state index contributed by atoms with van der Waals surface area (Å²) in [7, 11) is -2.55. The molecule has 0 bridgehead atoms. The minimum Gasteiger partial charge on any atom is -0.466 e. The highest BCUT2D eigenvalue weighted by Crippen LogP contribution is 2.22. The second kappa shape index (κ2) is 7.94. The molecule has 0 saturated heterocycles. The Morgan fingerprint density at radius 3 is 2.52 bits per heavy atom. The number of carbonyl (C=O) groups excluding carboxylic acids is 1. The van der Waals surface area contributed by atoms with Crippen LogP contribution in [0.4, 0.5) is 10.1 Å². The van der Waals surface area contributed by atoms with Gasteiger partial charge in [-0.25, -0.2) is 17.6 Å². The van der Waals surface area contributed by atoms with Crippen LogP contribution in [0.15, 0.2) is 59.5 Å². The van der Waals surface area contributed by atoms with Crippen LogP contribution in [0.2, 0.25) is 0 Å². The Kier molecular flexibility index (Phi) is 5.93. The van der Waals surface area contributed by atoms with E-state index in [0.29, 0.717) is 5.56 Å². The summed E-state index contributed by atoms with van der Waals surface area (Å²) in [5.41, 5.74) is 1.58. The number of sulfonamides is 1. The number of allylic oxidation sites excluding steroid dienone is 1. The summed E-state index contributed by atoms with van der Waals surface area (Å²) in [6.07, 6.45) is 2.84. The summed E-state index contributed by atoms with van der Waals surface area (Å²) in [4.78, 5) is 11.2. The van der Waals surface area contributed by atoms with E-state index < -0.39 is 21.8 Å². The summed E-state index contributed by atoms with van der Waals surface area (Å²) in [6, 6.07) is 10.1. The third kappa shape index (κ3) is 5.15. The van der Waals surface area contributed by atoms with Crippen molar-refractivity contribution in [1.29, 1.82) is 0 Å². The minimum absolute atomic E-state index is 0.110. The topological polar surface area (TPSA) is 72.5 Å². The minimum atomic E-state index is -3.80. The molecular weight excluding hydrogens is 345 g/mol. The lowest BCUT2D eigenvalue weighted by molar-refractivity contribution is -0.134. The molecule has 0 heterocycles. The van der Waals surface area contributed by atoms with Crippen LogP contribution in [0.3, 0.4) is 0 Å². The number of rotatable bonds is 6. The van der Waals surface area contributed by atoms with E-state index in [1.54, 1.807) is 12.1 Å². The lowest BCUT2D eigenvalue weighted by Crippen LogP contribution is -2.14. The maximum atomic E-state index is 13.5. The fourth-order valence-electron chi connectivity index (χ4n) is 2.10. The number of esters is 1. The van der Waals surface area contributed by atoms with Gasteiger partial charge in [0.2, 0.25) is 0 Å². The molecule has 0 fully saturated rings. The largest absolute Gasteiger partial charge is 0.466 e. The summed E-state index contributed by atoms with van der Waals surface area (Å²) < 4.78 is 45.4. The molecule has 2 aromatic rings. The number of halogens is 1. The van der Waals surface area contributed by atoms with Gasteiger partial charge in [-0.05, 0) is 49.2 Å². The Morgan fingerprint density at radius 2 is 1.88 bits per heavy atom. The molecule has 0 aliphatic carbocycles. The van der Waals surface area contributed by atoms with Crippen molar-refractivity contribution in [3.63, 3.8) is 0 Å². The molecule has 0 aromatic heterocycles. The van der Waals surface area contributed by atoms with Crippen LogP contribution in [0, 0.1) is 12.7 Å². The third-order valence-corrected chi connectivity index (χ3v) is 4.82. The first-order valence-corrected chi connectivity index (χ1v) is 8.92. The molecule has 0 radical (unpaired) electrons. The third-order valence-electron chi connectivity index (χ3n) is 3.44. The fraction of sp³-hybridized carbons (Fsp3) is 0.167. The number of nitrogens with one attached hydrogen (secondary N) is 1. The molecule has 25 heavy (non-hydrogen) atoms. The van der Waals surface area contributed by atoms with Gasteiger partial charge in [0.05, 0.1) is 17.7 Å². The van der Waals surface area contributed by atoms with Crippen LogP contribution in [0.1, 0.15) is 11.1 Å². The molecular formula is C18H18FNO4S. The molecule has 7 heteroatoms. The van der Waals surface area contributed by atoms with E-state index in [1.807, 2.05) is 6.92 Å². The lowest BCUT2D eigenvalue weighted by atomic mass is 10.1. The van der Waals surface area contributed by atoms with E-state index in [1.165, 1.54) is 49.6 Å². The second-order valence-corrected chi connectivity index (χ2v) is 7.03. The summed E-state index contributed by atoms with van der Waals surface area (Å²) in [5.74, 6) is -1.04. The Balaban J connectivity index is 2.28. The maximum Gasteiger partial charge on any atom is 0.330 e. The van der Waals surface area contributed by atoms with Gasteiger partial charge < -0.3 is 4.74 Å². The molecule has 0 amide bonds. The number of hydrogen-bond donors (Lipinski definition) is 1. The molecule has 0 saturated carbocycles. The van der Waals surface area contributed by atoms with Gasteiger partial charge in [-0.1, -0.05) is 23.8 Å². The van der Waals surface area contributed by atoms with Crippen molar-refractivity contribution in [1.82, 2.24) is 0 Å². The summed E-state index contributed by atoms with van der Waals surface area (Å²) in [5, 5.41) is 0. The second-order valence-electron chi connectivity index (χ2n) is 5.35. The van der Waals surface area contributed by atoms with Crippen LogP contribution in [0.5, 0.6) is 0 Å². The van der Waals surface area contributed by atoms with Crippen molar-refractivity contribution in [2.24, 2.45) is 0 Å². The number of hydrogen-bond acceptors (Lipinski definition) is 4. The number of carbonyl (C=O) groups is 1. The Labute approximate surface area is 146 Å². The van der Waals surface area contributed by atoms with E-state index in [2.05, 4.69) is 9.46 Å². The van der Waals surface area contributed by atoms with Crippen LogP contribution in [-0.2, 0) is 26.0 Å². The molecule has 132 valence electrons. The standard InChI is InChI=1S/C18H18FNO4S/c1-13-6-9-16(10-7-13)25(22,23)20-17-11-8-15(19)12-14(17)4-3-5-18(21)24-2/h3,5-12,20H,4H2,1-2H3/b5-3+. The van der Waals surface area contributed by atoms with Gasteiger partial charge in [-0.2, -0.15) is 0 Å². The number of benzene rings is 2. The van der Waals surface area contributed by atoms with Gasteiger partial charge in [0.15, 0.2) is 0 Å². The van der Waals surface area contributed by atoms with Gasteiger partial charge in [0, 0.05) is 6.08 Å². The maximum absolute atomic E-state index is 13.5. The lowest BCUT2D eigenvalue weighted by Gasteiger charge is -2.12. The van der Waals surface area contributed by atoms with Gasteiger partial charge >= 0.3 is 5.97 Å². The molecule has 0 spiro atoms. The Bertz CT molecular complexity index is 890. The van der Waals surface area contributed by atoms with E-state index >= 15 is 0 Å². The van der Waals surface area contributed by atoms with E-state index in [4.69, 9.17) is 0 Å². The highest BCUT2D eigenvalue weighted by molar-refractivity contribution is 7.92. The first kappa shape index (κ1) is 18.7. The SMILES string of the molecule is COC(=O)/C=C/Cc1cc(F)ccc1NS(=O)(=O)c1ccc(C)cc1. The molecule has 0 atom stereocenters. The zero-order valence-corrected chi connectivity index (χ0v) is 14.6. The monoisotopic (exact) mass is 363 g/mol.